The molecule has 0 unspecified atom stereocenters. The van der Waals surface area contributed by atoms with Crippen molar-refractivity contribution < 1.29 is 9.22 Å². The minimum atomic E-state index is -2.75. The van der Waals surface area contributed by atoms with Gasteiger partial charge in [0.15, 0.2) is 0 Å². The fourth-order valence-electron chi connectivity index (χ4n) is 6.95. The Balaban J connectivity index is 1.32. The molecule has 0 spiro atoms. The van der Waals surface area contributed by atoms with Gasteiger partial charge in [0.1, 0.15) is 0 Å². The molecule has 0 fully saturated rings. The Morgan fingerprint density at radius 3 is 2.02 bits per heavy atom. The van der Waals surface area contributed by atoms with Gasteiger partial charge in [0.05, 0.1) is 6.20 Å². The summed E-state index contributed by atoms with van der Waals surface area (Å²) in [5, 5.41) is 6.88. The van der Waals surface area contributed by atoms with E-state index in [1.807, 2.05) is 30.1 Å². The Morgan fingerprint density at radius 2 is 1.44 bits per heavy atom. The highest BCUT2D eigenvalue weighted by molar-refractivity contribution is 6.99. The highest BCUT2D eigenvalue weighted by atomic mass is 28.4. The Morgan fingerprint density at radius 1 is 0.867 bits per heavy atom. The first-order chi connectivity index (χ1) is 21.6. The third-order valence-electron chi connectivity index (χ3n) is 9.02. The van der Waals surface area contributed by atoms with Crippen molar-refractivity contribution in [3.8, 4) is 0 Å². The monoisotopic (exact) mass is 618 g/mol. The summed E-state index contributed by atoms with van der Waals surface area (Å²) in [5.74, 6) is -0.632. The van der Waals surface area contributed by atoms with E-state index in [1.54, 1.807) is 30.3 Å². The molecule has 2 aromatic heterocycles. The van der Waals surface area contributed by atoms with Crippen LogP contribution >= 0.6 is 0 Å². The lowest BCUT2D eigenvalue weighted by atomic mass is 10.0. The average molecular weight is 619 g/mol. The van der Waals surface area contributed by atoms with Crippen LogP contribution in [0.2, 0.25) is 5.04 Å². The Kier molecular flexibility index (Phi) is 8.15. The van der Waals surface area contributed by atoms with Crippen LogP contribution in [0.3, 0.4) is 0 Å². The maximum atomic E-state index is 13.6. The standard InChI is InChI=1S/C36H38N4O4Si/c1-36(2,3)45(29-16-10-6-11-17-29,30-18-12-7-13-19-30)44-25-28-22-27(33-31(28)23-37-38(33)4)24-39-21-20-32(41)40(35(39)43)34(42)26-14-8-5-9-15-26/h5-21,23,27-28H,22,24-25H2,1-4H3/t27-,28+/m0/s1. The minimum Gasteiger partial charge on any atom is -0.407 e. The van der Waals surface area contributed by atoms with Crippen LogP contribution in [0.25, 0.3) is 0 Å². The van der Waals surface area contributed by atoms with Gasteiger partial charge in [-0.05, 0) is 39.5 Å². The highest BCUT2D eigenvalue weighted by Gasteiger charge is 2.51. The lowest BCUT2D eigenvalue weighted by Gasteiger charge is -2.43. The van der Waals surface area contributed by atoms with Gasteiger partial charge in [0.2, 0.25) is 0 Å². The minimum absolute atomic E-state index is 0.0595. The molecule has 5 aromatic rings. The van der Waals surface area contributed by atoms with Crippen molar-refractivity contribution in [2.24, 2.45) is 7.05 Å². The molecule has 0 amide bonds. The number of rotatable bonds is 8. The summed E-state index contributed by atoms with van der Waals surface area (Å²) in [6.45, 7) is 7.62. The third kappa shape index (κ3) is 5.47. The van der Waals surface area contributed by atoms with Gasteiger partial charge in [-0.2, -0.15) is 9.67 Å². The fraction of sp³-hybridized carbons (Fsp3) is 0.278. The van der Waals surface area contributed by atoms with E-state index in [-0.39, 0.29) is 22.4 Å². The molecule has 0 bridgehead atoms. The molecule has 2 heterocycles. The molecule has 45 heavy (non-hydrogen) atoms. The van der Waals surface area contributed by atoms with Gasteiger partial charge in [0, 0.05) is 55.6 Å². The summed E-state index contributed by atoms with van der Waals surface area (Å²) in [6.07, 6.45) is 4.15. The van der Waals surface area contributed by atoms with E-state index in [9.17, 15) is 14.4 Å². The largest absolute Gasteiger partial charge is 0.407 e. The average Bonchev–Trinajstić information content (AvgIpc) is 3.60. The smallest absolute Gasteiger partial charge is 0.338 e. The first-order valence-electron chi connectivity index (χ1n) is 15.3. The molecule has 230 valence electrons. The molecule has 0 saturated carbocycles. The molecular formula is C36H38N4O4Si. The van der Waals surface area contributed by atoms with Crippen molar-refractivity contribution in [2.45, 2.75) is 50.6 Å². The number of carbonyl (C=O) groups excluding carboxylic acids is 1. The van der Waals surface area contributed by atoms with Crippen molar-refractivity contribution in [3.05, 3.63) is 147 Å². The van der Waals surface area contributed by atoms with Crippen molar-refractivity contribution in [2.75, 3.05) is 6.61 Å². The zero-order valence-corrected chi connectivity index (χ0v) is 27.1. The second kappa shape index (κ2) is 12.1. The molecule has 8 nitrogen and oxygen atoms in total. The molecule has 2 atom stereocenters. The van der Waals surface area contributed by atoms with Crippen LogP contribution in [0, 0.1) is 0 Å². The number of nitrogens with zero attached hydrogens (tertiary/aromatic N) is 4. The first-order valence-corrected chi connectivity index (χ1v) is 17.2. The molecule has 0 saturated heterocycles. The van der Waals surface area contributed by atoms with E-state index < -0.39 is 25.5 Å². The van der Waals surface area contributed by atoms with Gasteiger partial charge < -0.3 is 4.43 Å². The molecule has 3 aromatic carbocycles. The molecule has 1 aliphatic rings. The molecule has 0 N–H and O–H groups in total. The normalized spacial score (nSPS) is 16.4. The second-order valence-corrected chi connectivity index (χ2v) is 17.1. The van der Waals surface area contributed by atoms with Crippen LogP contribution in [0.1, 0.15) is 60.6 Å². The van der Waals surface area contributed by atoms with Crippen LogP contribution in [0.15, 0.2) is 119 Å². The van der Waals surface area contributed by atoms with Gasteiger partial charge >= 0.3 is 5.69 Å². The molecule has 0 aliphatic heterocycles. The van der Waals surface area contributed by atoms with Gasteiger partial charge in [-0.3, -0.25) is 18.8 Å². The van der Waals surface area contributed by atoms with Crippen LogP contribution in [0.5, 0.6) is 0 Å². The number of aryl methyl sites for hydroxylation is 1. The summed E-state index contributed by atoms with van der Waals surface area (Å²) in [4.78, 5) is 39.4. The SMILES string of the molecule is Cn1ncc2c1[C@H](Cn1ccc(=O)n(C(=O)c3ccccc3)c1=O)C[C@@H]2CO[Si](c1ccccc1)(c1ccccc1)C(C)(C)C. The Bertz CT molecular complexity index is 1890. The van der Waals surface area contributed by atoms with Crippen LogP contribution < -0.4 is 21.6 Å². The maximum Gasteiger partial charge on any atom is 0.338 e. The van der Waals surface area contributed by atoms with Crippen molar-refractivity contribution in [1.82, 2.24) is 18.9 Å². The van der Waals surface area contributed by atoms with Crippen molar-refractivity contribution in [3.63, 3.8) is 0 Å². The predicted molar refractivity (Wildman–Crippen MR) is 178 cm³/mol. The van der Waals surface area contributed by atoms with Gasteiger partial charge in [0.25, 0.3) is 19.8 Å². The van der Waals surface area contributed by atoms with Gasteiger partial charge in [-0.15, -0.1) is 0 Å². The fourth-order valence-corrected chi connectivity index (χ4v) is 11.6. The van der Waals surface area contributed by atoms with E-state index >= 15 is 0 Å². The summed E-state index contributed by atoms with van der Waals surface area (Å²) < 4.78 is 11.4. The summed E-state index contributed by atoms with van der Waals surface area (Å²) >= 11 is 0. The zero-order valence-electron chi connectivity index (χ0n) is 26.1. The number of aromatic nitrogens is 4. The summed E-state index contributed by atoms with van der Waals surface area (Å²) in [7, 11) is -0.836. The number of fused-ring (bicyclic) bond motifs is 1. The molecule has 1 aliphatic carbocycles. The van der Waals surface area contributed by atoms with E-state index in [2.05, 4.69) is 74.4 Å². The van der Waals surface area contributed by atoms with Crippen LogP contribution in [0.4, 0.5) is 0 Å². The Hall–Kier alpha value is -4.60. The molecule has 6 rings (SSSR count). The first kappa shape index (κ1) is 30.4. The molecular weight excluding hydrogens is 581 g/mol. The predicted octanol–water partition coefficient (Wildman–Crippen LogP) is 4.28. The summed E-state index contributed by atoms with van der Waals surface area (Å²) in [5.41, 5.74) is 1.15. The van der Waals surface area contributed by atoms with Crippen molar-refractivity contribution in [1.29, 1.82) is 0 Å². The second-order valence-electron chi connectivity index (χ2n) is 12.8. The number of hydrogen-bond donors (Lipinski definition) is 0. The van der Waals surface area contributed by atoms with E-state index in [4.69, 9.17) is 4.43 Å². The quantitative estimate of drug-likeness (QED) is 0.242. The number of carbonyl (C=O) groups is 1. The van der Waals surface area contributed by atoms with E-state index in [0.717, 1.165) is 22.2 Å². The van der Waals surface area contributed by atoms with Crippen molar-refractivity contribution >= 4 is 24.6 Å². The lowest BCUT2D eigenvalue weighted by molar-refractivity contribution is 0.0948. The van der Waals surface area contributed by atoms with Crippen LogP contribution in [-0.4, -0.2) is 39.7 Å². The van der Waals surface area contributed by atoms with Crippen LogP contribution in [-0.2, 0) is 18.0 Å². The zero-order chi connectivity index (χ0) is 31.8. The summed E-state index contributed by atoms with van der Waals surface area (Å²) in [6, 6.07) is 30.8. The number of benzene rings is 3. The van der Waals surface area contributed by atoms with E-state index in [1.165, 1.54) is 27.2 Å². The topological polar surface area (TPSA) is 88.1 Å². The highest BCUT2D eigenvalue weighted by Crippen LogP contribution is 2.44. The maximum absolute atomic E-state index is 13.6. The molecule has 9 heteroatoms. The molecule has 0 radical (unpaired) electrons. The third-order valence-corrected chi connectivity index (χ3v) is 14.0. The van der Waals surface area contributed by atoms with E-state index in [0.29, 0.717) is 13.2 Å². The Labute approximate surface area is 263 Å². The lowest BCUT2D eigenvalue weighted by Crippen LogP contribution is -2.66. The van der Waals surface area contributed by atoms with Gasteiger partial charge in [-0.1, -0.05) is 99.6 Å². The number of hydrogen-bond acceptors (Lipinski definition) is 5. The van der Waals surface area contributed by atoms with Gasteiger partial charge in [-0.25, -0.2) is 4.79 Å².